The maximum Gasteiger partial charge on any atom is 0.217 e. The molecule has 1 aromatic rings. The summed E-state index contributed by atoms with van der Waals surface area (Å²) < 4.78 is 0. The van der Waals surface area contributed by atoms with E-state index in [1.54, 1.807) is 11.3 Å². The van der Waals surface area contributed by atoms with Crippen molar-refractivity contribution in [2.75, 3.05) is 6.54 Å². The maximum absolute atomic E-state index is 10.5. The van der Waals surface area contributed by atoms with Crippen LogP contribution in [0.25, 0.3) is 0 Å². The number of amides is 1. The lowest BCUT2D eigenvalue weighted by Gasteiger charge is -1.90. The molecule has 3 heteroatoms. The predicted molar refractivity (Wildman–Crippen MR) is 54.6 cm³/mol. The van der Waals surface area contributed by atoms with Crippen molar-refractivity contribution in [3.8, 4) is 11.8 Å². The Bertz CT molecular complexity index is 356. The Labute approximate surface area is 82.0 Å². The van der Waals surface area contributed by atoms with Crippen molar-refractivity contribution >= 4 is 17.2 Å². The Hall–Kier alpha value is -1.27. The van der Waals surface area contributed by atoms with Crippen LogP contribution in [0.4, 0.5) is 0 Å². The highest BCUT2D eigenvalue weighted by Crippen LogP contribution is 2.12. The lowest BCUT2D eigenvalue weighted by atomic mass is 10.3. The SMILES string of the molecule is CC(=O)NCC#Cc1sccc1C. The van der Waals surface area contributed by atoms with Gasteiger partial charge in [0.1, 0.15) is 0 Å². The molecule has 2 nitrogen and oxygen atoms in total. The average Bonchev–Trinajstić information content (AvgIpc) is 2.45. The smallest absolute Gasteiger partial charge is 0.217 e. The summed E-state index contributed by atoms with van der Waals surface area (Å²) in [6, 6.07) is 2.03. The van der Waals surface area contributed by atoms with Gasteiger partial charge in [-0.05, 0) is 23.9 Å². The van der Waals surface area contributed by atoms with Crippen molar-refractivity contribution in [2.24, 2.45) is 0 Å². The minimum Gasteiger partial charge on any atom is -0.345 e. The normalized spacial score (nSPS) is 8.77. The van der Waals surface area contributed by atoms with Crippen molar-refractivity contribution in [3.05, 3.63) is 21.9 Å². The van der Waals surface area contributed by atoms with Gasteiger partial charge in [-0.2, -0.15) is 0 Å². The monoisotopic (exact) mass is 193 g/mol. The van der Waals surface area contributed by atoms with Gasteiger partial charge in [-0.3, -0.25) is 4.79 Å². The molecule has 1 rings (SSSR count). The molecule has 0 spiro atoms. The third kappa shape index (κ3) is 3.30. The molecule has 68 valence electrons. The minimum absolute atomic E-state index is 0.0443. The number of carbonyl (C=O) groups excluding carboxylic acids is 1. The highest BCUT2D eigenvalue weighted by Gasteiger charge is 1.92. The molecule has 0 aliphatic carbocycles. The summed E-state index contributed by atoms with van der Waals surface area (Å²) in [5, 5.41) is 4.63. The van der Waals surface area contributed by atoms with Crippen molar-refractivity contribution in [2.45, 2.75) is 13.8 Å². The maximum atomic E-state index is 10.5. The van der Waals surface area contributed by atoms with Crippen LogP contribution in [0.1, 0.15) is 17.4 Å². The molecule has 13 heavy (non-hydrogen) atoms. The molecule has 0 radical (unpaired) electrons. The van der Waals surface area contributed by atoms with Gasteiger partial charge in [0.25, 0.3) is 0 Å². The van der Waals surface area contributed by atoms with Crippen molar-refractivity contribution in [3.63, 3.8) is 0 Å². The van der Waals surface area contributed by atoms with Crippen LogP contribution in [-0.2, 0) is 4.79 Å². The first kappa shape index (κ1) is 9.82. The van der Waals surface area contributed by atoms with E-state index in [2.05, 4.69) is 17.2 Å². The Morgan fingerprint density at radius 2 is 2.46 bits per heavy atom. The molecule has 1 amide bonds. The summed E-state index contributed by atoms with van der Waals surface area (Å²) in [6.07, 6.45) is 0. The Kier molecular flexibility index (Phi) is 3.53. The Morgan fingerprint density at radius 3 is 3.00 bits per heavy atom. The predicted octanol–water partition coefficient (Wildman–Crippen LogP) is 1.54. The molecule has 1 N–H and O–H groups in total. The van der Waals surface area contributed by atoms with Gasteiger partial charge >= 0.3 is 0 Å². The zero-order valence-electron chi connectivity index (χ0n) is 7.68. The third-order valence-corrected chi connectivity index (χ3v) is 2.42. The van der Waals surface area contributed by atoms with Crippen molar-refractivity contribution in [1.82, 2.24) is 5.32 Å². The molecular formula is C10H11NOS. The number of aryl methyl sites for hydroxylation is 1. The van der Waals surface area contributed by atoms with E-state index >= 15 is 0 Å². The number of hydrogen-bond donors (Lipinski definition) is 1. The van der Waals surface area contributed by atoms with Gasteiger partial charge in [-0.15, -0.1) is 11.3 Å². The fourth-order valence-electron chi connectivity index (χ4n) is 0.794. The van der Waals surface area contributed by atoms with E-state index in [1.807, 2.05) is 18.4 Å². The average molecular weight is 193 g/mol. The van der Waals surface area contributed by atoms with Gasteiger partial charge in [0.2, 0.25) is 5.91 Å². The van der Waals surface area contributed by atoms with Gasteiger partial charge in [0, 0.05) is 6.92 Å². The fraction of sp³-hybridized carbons (Fsp3) is 0.300. The lowest BCUT2D eigenvalue weighted by Crippen LogP contribution is -2.19. The largest absolute Gasteiger partial charge is 0.345 e. The summed E-state index contributed by atoms with van der Waals surface area (Å²) in [7, 11) is 0. The summed E-state index contributed by atoms with van der Waals surface area (Å²) in [6.45, 7) is 3.93. The van der Waals surface area contributed by atoms with E-state index < -0.39 is 0 Å². The van der Waals surface area contributed by atoms with Gasteiger partial charge in [-0.25, -0.2) is 0 Å². The van der Waals surface area contributed by atoms with E-state index in [0.29, 0.717) is 6.54 Å². The molecule has 0 fully saturated rings. The molecule has 0 aliphatic heterocycles. The number of hydrogen-bond acceptors (Lipinski definition) is 2. The first-order valence-corrected chi connectivity index (χ1v) is 4.85. The second kappa shape index (κ2) is 4.68. The molecule has 0 aliphatic rings. The van der Waals surface area contributed by atoms with Gasteiger partial charge in [0.15, 0.2) is 0 Å². The second-order valence-electron chi connectivity index (χ2n) is 2.64. The van der Waals surface area contributed by atoms with Gasteiger partial charge < -0.3 is 5.32 Å². The molecule has 0 aromatic carbocycles. The Morgan fingerprint density at radius 1 is 1.69 bits per heavy atom. The molecule has 1 aromatic heterocycles. The highest BCUT2D eigenvalue weighted by molar-refractivity contribution is 7.10. The Balaban J connectivity index is 2.49. The van der Waals surface area contributed by atoms with Gasteiger partial charge in [-0.1, -0.05) is 11.8 Å². The van der Waals surface area contributed by atoms with Crippen LogP contribution in [0.3, 0.4) is 0 Å². The molecule has 0 saturated heterocycles. The zero-order chi connectivity index (χ0) is 9.68. The number of nitrogens with one attached hydrogen (secondary N) is 1. The van der Waals surface area contributed by atoms with Crippen molar-refractivity contribution in [1.29, 1.82) is 0 Å². The quantitative estimate of drug-likeness (QED) is 0.673. The number of thiophene rings is 1. The number of rotatable bonds is 1. The first-order chi connectivity index (χ1) is 6.20. The molecule has 1 heterocycles. The highest BCUT2D eigenvalue weighted by atomic mass is 32.1. The summed E-state index contributed by atoms with van der Waals surface area (Å²) >= 11 is 1.62. The summed E-state index contributed by atoms with van der Waals surface area (Å²) in [5.74, 6) is 5.85. The van der Waals surface area contributed by atoms with Crippen molar-refractivity contribution < 1.29 is 4.79 Å². The van der Waals surface area contributed by atoms with Crippen LogP contribution >= 0.6 is 11.3 Å². The molecule has 0 unspecified atom stereocenters. The van der Waals surface area contributed by atoms with Crippen LogP contribution < -0.4 is 5.32 Å². The zero-order valence-corrected chi connectivity index (χ0v) is 8.49. The van der Waals surface area contributed by atoms with E-state index in [1.165, 1.54) is 12.5 Å². The van der Waals surface area contributed by atoms with Gasteiger partial charge in [0.05, 0.1) is 11.4 Å². The van der Waals surface area contributed by atoms with E-state index in [9.17, 15) is 4.79 Å². The third-order valence-electron chi connectivity index (χ3n) is 1.49. The standard InChI is InChI=1S/C10H11NOS/c1-8-5-7-13-10(8)4-3-6-11-9(2)12/h5,7H,6H2,1-2H3,(H,11,12). The van der Waals surface area contributed by atoms with E-state index in [4.69, 9.17) is 0 Å². The molecule has 0 bridgehead atoms. The lowest BCUT2D eigenvalue weighted by molar-refractivity contribution is -0.118. The summed E-state index contributed by atoms with van der Waals surface area (Å²) in [5.41, 5.74) is 1.19. The topological polar surface area (TPSA) is 29.1 Å². The van der Waals surface area contributed by atoms with Crippen LogP contribution in [0.15, 0.2) is 11.4 Å². The fourth-order valence-corrected chi connectivity index (χ4v) is 1.59. The van der Waals surface area contributed by atoms with Crippen LogP contribution in [-0.4, -0.2) is 12.5 Å². The van der Waals surface area contributed by atoms with E-state index in [0.717, 1.165) is 4.88 Å². The number of carbonyl (C=O) groups is 1. The summed E-state index contributed by atoms with van der Waals surface area (Å²) in [4.78, 5) is 11.6. The van der Waals surface area contributed by atoms with Crippen LogP contribution in [0.5, 0.6) is 0 Å². The van der Waals surface area contributed by atoms with Crippen LogP contribution in [0.2, 0.25) is 0 Å². The molecular weight excluding hydrogens is 182 g/mol. The first-order valence-electron chi connectivity index (χ1n) is 3.97. The second-order valence-corrected chi connectivity index (χ2v) is 3.56. The molecule has 0 saturated carbocycles. The molecule has 0 atom stereocenters. The van der Waals surface area contributed by atoms with Crippen LogP contribution in [0, 0.1) is 18.8 Å². The minimum atomic E-state index is -0.0443. The van der Waals surface area contributed by atoms with E-state index in [-0.39, 0.29) is 5.91 Å².